The zero-order chi connectivity index (χ0) is 37.5. The molecule has 1 aliphatic heterocycles. The number of nitrogens with one attached hydrogen (secondary N) is 3. The van der Waals surface area contributed by atoms with Gasteiger partial charge in [0.05, 0.1) is 29.7 Å². The number of hydrogen-bond donors (Lipinski definition) is 3. The molecule has 1 aliphatic carbocycles. The van der Waals surface area contributed by atoms with Crippen LogP contribution in [0.1, 0.15) is 52.9 Å². The van der Waals surface area contributed by atoms with E-state index in [0.29, 0.717) is 0 Å². The molecule has 6 nitrogen and oxygen atoms in total. The van der Waals surface area contributed by atoms with E-state index >= 15 is 0 Å². The van der Waals surface area contributed by atoms with E-state index in [4.69, 9.17) is 8.83 Å². The highest BCUT2D eigenvalue weighted by molar-refractivity contribution is 6.11. The van der Waals surface area contributed by atoms with Gasteiger partial charge in [0.15, 0.2) is 5.58 Å². The molecule has 57 heavy (non-hydrogen) atoms. The van der Waals surface area contributed by atoms with Crippen LogP contribution in [0.2, 0.25) is 0 Å². The first-order chi connectivity index (χ1) is 28.2. The largest absolute Gasteiger partial charge is 0.456 e. The van der Waals surface area contributed by atoms with E-state index in [0.717, 1.165) is 79.1 Å². The van der Waals surface area contributed by atoms with Crippen molar-refractivity contribution in [3.05, 3.63) is 192 Å². The Morgan fingerprint density at radius 3 is 1.77 bits per heavy atom. The van der Waals surface area contributed by atoms with Gasteiger partial charge >= 0.3 is 0 Å². The Morgan fingerprint density at radius 2 is 1.07 bits per heavy atom. The lowest BCUT2D eigenvalue weighted by molar-refractivity contribution is 0.203. The third kappa shape index (κ3) is 5.22. The van der Waals surface area contributed by atoms with Gasteiger partial charge in [0.2, 0.25) is 0 Å². The molecule has 0 radical (unpaired) electrons. The van der Waals surface area contributed by atoms with Crippen molar-refractivity contribution in [1.29, 1.82) is 0 Å². The molecule has 1 fully saturated rings. The smallest absolute Gasteiger partial charge is 0.159 e. The van der Waals surface area contributed by atoms with Crippen LogP contribution in [0.3, 0.4) is 0 Å². The monoisotopic (exact) mass is 738 g/mol. The Bertz CT molecular complexity index is 3140. The second-order valence-electron chi connectivity index (χ2n) is 15.3. The van der Waals surface area contributed by atoms with Crippen molar-refractivity contribution in [2.45, 2.75) is 31.3 Å². The van der Waals surface area contributed by atoms with Crippen molar-refractivity contribution in [1.82, 2.24) is 20.5 Å². The highest BCUT2D eigenvalue weighted by atomic mass is 16.3. The molecule has 6 heteroatoms. The zero-order valence-electron chi connectivity index (χ0n) is 31.1. The Balaban J connectivity index is 0.941. The van der Waals surface area contributed by atoms with Crippen molar-refractivity contribution in [2.24, 2.45) is 0 Å². The number of rotatable bonds is 5. The number of allylic oxidation sites excluding steroid dienone is 1. The molecule has 1 saturated heterocycles. The van der Waals surface area contributed by atoms with Crippen LogP contribution < -0.4 is 16.0 Å². The second-order valence-corrected chi connectivity index (χ2v) is 15.3. The first-order valence-electron chi connectivity index (χ1n) is 19.8. The number of aryl methyl sites for hydroxylation is 1. The minimum Gasteiger partial charge on any atom is -0.456 e. The maximum Gasteiger partial charge on any atom is 0.159 e. The highest BCUT2D eigenvalue weighted by Crippen LogP contribution is 2.41. The first-order valence-corrected chi connectivity index (χ1v) is 19.8. The average Bonchev–Trinajstić information content (AvgIpc) is 3.96. The van der Waals surface area contributed by atoms with Gasteiger partial charge in [0.1, 0.15) is 16.7 Å². The number of fused-ring (bicyclic) bond motifs is 9. The fourth-order valence-electron chi connectivity index (χ4n) is 9.31. The van der Waals surface area contributed by atoms with Crippen LogP contribution in [0.15, 0.2) is 173 Å². The van der Waals surface area contributed by atoms with E-state index in [1.165, 1.54) is 33.3 Å². The van der Waals surface area contributed by atoms with Crippen LogP contribution in [-0.2, 0) is 6.42 Å². The lowest BCUT2D eigenvalue weighted by Crippen LogP contribution is -2.54. The van der Waals surface area contributed by atoms with Crippen molar-refractivity contribution < 1.29 is 8.83 Å². The molecule has 0 amide bonds. The van der Waals surface area contributed by atoms with Crippen LogP contribution in [0, 0.1) is 0 Å². The first kappa shape index (κ1) is 32.5. The van der Waals surface area contributed by atoms with E-state index in [-0.39, 0.29) is 18.5 Å². The molecule has 0 spiro atoms. The van der Waals surface area contributed by atoms with Gasteiger partial charge in [-0.25, -0.2) is 0 Å². The lowest BCUT2D eigenvalue weighted by atomic mass is 9.99. The normalized spacial score (nSPS) is 18.3. The molecular weight excluding hydrogens is 701 g/mol. The summed E-state index contributed by atoms with van der Waals surface area (Å²) < 4.78 is 15.8. The topological polar surface area (TPSA) is 67.3 Å². The van der Waals surface area contributed by atoms with Gasteiger partial charge < -0.3 is 13.4 Å². The third-order valence-electron chi connectivity index (χ3n) is 12.0. The standard InChI is InChI=1S/C51H38N4O2/c1-3-13-31(14-4-1)49-52-50(32-15-5-2-6-16-32)54-51(53-49)39-21-11-19-37-40-29-33(25-27-45(40)56-47(37)39)34-26-28-46-41(30-34)38-20-12-24-44(48(38)57-46)55-42-22-9-7-17-35(42)36-18-8-10-23-43(36)55/h1-7,9-17,19-30,49-54H,8,18H2. The van der Waals surface area contributed by atoms with E-state index in [1.807, 2.05) is 0 Å². The van der Waals surface area contributed by atoms with Gasteiger partial charge in [-0.15, -0.1) is 0 Å². The third-order valence-corrected chi connectivity index (χ3v) is 12.0. The van der Waals surface area contributed by atoms with Gasteiger partial charge in [0, 0.05) is 38.2 Å². The lowest BCUT2D eigenvalue weighted by Gasteiger charge is -2.39. The summed E-state index contributed by atoms with van der Waals surface area (Å²) in [6.45, 7) is 0. The summed E-state index contributed by atoms with van der Waals surface area (Å²) in [7, 11) is 0. The summed E-state index contributed by atoms with van der Waals surface area (Å²) in [6, 6.07) is 56.0. The number of para-hydroxylation sites is 3. The maximum atomic E-state index is 6.72. The number of benzene rings is 7. The van der Waals surface area contributed by atoms with Crippen LogP contribution in [0.5, 0.6) is 0 Å². The summed E-state index contributed by atoms with van der Waals surface area (Å²) in [5.41, 5.74) is 14.2. The molecule has 4 heterocycles. The Morgan fingerprint density at radius 1 is 0.491 bits per heavy atom. The molecule has 3 aromatic heterocycles. The zero-order valence-corrected chi connectivity index (χ0v) is 31.1. The van der Waals surface area contributed by atoms with E-state index in [9.17, 15) is 0 Å². The Labute approximate surface area is 329 Å². The van der Waals surface area contributed by atoms with Crippen LogP contribution in [0.4, 0.5) is 0 Å². The molecule has 10 aromatic rings. The molecule has 274 valence electrons. The van der Waals surface area contributed by atoms with E-state index in [1.54, 1.807) is 0 Å². The predicted octanol–water partition coefficient (Wildman–Crippen LogP) is 12.2. The second kappa shape index (κ2) is 12.9. The van der Waals surface area contributed by atoms with Crippen LogP contribution in [0.25, 0.3) is 77.7 Å². The summed E-state index contributed by atoms with van der Waals surface area (Å²) >= 11 is 0. The number of furan rings is 2. The highest BCUT2D eigenvalue weighted by Gasteiger charge is 2.31. The number of nitrogens with zero attached hydrogens (tertiary/aromatic N) is 1. The van der Waals surface area contributed by atoms with Gasteiger partial charge in [-0.3, -0.25) is 16.0 Å². The fourth-order valence-corrected chi connectivity index (χ4v) is 9.31. The fraction of sp³-hybridized carbons (Fsp3) is 0.0980. The minimum absolute atomic E-state index is 0.0660. The molecule has 3 N–H and O–H groups in total. The molecule has 7 aromatic carbocycles. The van der Waals surface area contributed by atoms with E-state index < -0.39 is 0 Å². The molecule has 2 aliphatic rings. The van der Waals surface area contributed by atoms with Gasteiger partial charge in [0.25, 0.3) is 0 Å². The van der Waals surface area contributed by atoms with Gasteiger partial charge in [-0.05, 0) is 83.1 Å². The predicted molar refractivity (Wildman–Crippen MR) is 231 cm³/mol. The molecule has 0 bridgehead atoms. The van der Waals surface area contributed by atoms with Gasteiger partial charge in [-0.2, -0.15) is 0 Å². The number of aromatic nitrogens is 1. The minimum atomic E-state index is -0.168. The van der Waals surface area contributed by atoms with E-state index in [2.05, 4.69) is 190 Å². The molecule has 2 atom stereocenters. The Kier molecular flexibility index (Phi) is 7.38. The van der Waals surface area contributed by atoms with Crippen molar-refractivity contribution in [2.75, 3.05) is 0 Å². The maximum absolute atomic E-state index is 6.72. The summed E-state index contributed by atoms with van der Waals surface area (Å²) in [5, 5.41) is 17.1. The quantitative estimate of drug-likeness (QED) is 0.164. The summed E-state index contributed by atoms with van der Waals surface area (Å²) in [6.07, 6.45) is 6.38. The average molecular weight is 739 g/mol. The molecule has 12 rings (SSSR count). The van der Waals surface area contributed by atoms with Crippen LogP contribution in [-0.4, -0.2) is 4.57 Å². The molecule has 0 saturated carbocycles. The SMILES string of the molecule is C1=Cc2c(c3ccccc3n2-c2cccc3c2oc2ccc(-c4ccc5oc6c(C7NC(c8ccccc8)NC(c8ccccc8)N7)cccc6c5c4)cc23)CC1. The summed E-state index contributed by atoms with van der Waals surface area (Å²) in [4.78, 5) is 0. The van der Waals surface area contributed by atoms with Crippen molar-refractivity contribution >= 4 is 60.9 Å². The molecule has 2 unspecified atom stereocenters. The van der Waals surface area contributed by atoms with Gasteiger partial charge in [-0.1, -0.05) is 127 Å². The molecular formula is C51H38N4O2. The number of hydrogen-bond acceptors (Lipinski definition) is 5. The van der Waals surface area contributed by atoms with Crippen molar-refractivity contribution in [3.8, 4) is 16.8 Å². The summed E-state index contributed by atoms with van der Waals surface area (Å²) in [5.74, 6) is 0. The van der Waals surface area contributed by atoms with Crippen molar-refractivity contribution in [3.63, 3.8) is 0 Å². The Hall–Kier alpha value is -6.70. The van der Waals surface area contributed by atoms with Crippen LogP contribution >= 0.6 is 0 Å².